The predicted octanol–water partition coefficient (Wildman–Crippen LogP) is 2.43. The largest absolute Gasteiger partial charge is 0.463 e. The number of carbonyl (C=O) groups excluding carboxylic acids is 1. The van der Waals surface area contributed by atoms with Gasteiger partial charge in [0.1, 0.15) is 5.82 Å². The van der Waals surface area contributed by atoms with Gasteiger partial charge in [-0.1, -0.05) is 42.5 Å². The van der Waals surface area contributed by atoms with E-state index in [1.165, 1.54) is 12.1 Å². The van der Waals surface area contributed by atoms with Gasteiger partial charge in [0.25, 0.3) is 5.91 Å². The van der Waals surface area contributed by atoms with Gasteiger partial charge >= 0.3 is 0 Å². The van der Waals surface area contributed by atoms with E-state index in [0.717, 1.165) is 16.9 Å². The molecule has 0 unspecified atom stereocenters. The van der Waals surface area contributed by atoms with E-state index in [2.05, 4.69) is 5.32 Å². The van der Waals surface area contributed by atoms with Crippen molar-refractivity contribution in [1.29, 1.82) is 0 Å². The van der Waals surface area contributed by atoms with Crippen LogP contribution in [0, 0.1) is 5.82 Å². The molecule has 2 aromatic carbocycles. The molecule has 0 aliphatic carbocycles. The van der Waals surface area contributed by atoms with Crippen molar-refractivity contribution in [2.24, 2.45) is 0 Å². The number of rotatable bonds is 8. The Morgan fingerprint density at radius 3 is 2.50 bits per heavy atom. The van der Waals surface area contributed by atoms with E-state index >= 15 is 0 Å². The molecule has 1 amide bonds. The first-order valence-electron chi connectivity index (χ1n) is 8.65. The van der Waals surface area contributed by atoms with Gasteiger partial charge in [0.2, 0.25) is 0 Å². The number of furan rings is 1. The lowest BCUT2D eigenvalue weighted by Gasteiger charge is -2.14. The van der Waals surface area contributed by atoms with E-state index < -0.39 is 0 Å². The van der Waals surface area contributed by atoms with Gasteiger partial charge in [-0.2, -0.15) is 0 Å². The molecule has 1 atom stereocenters. The molecule has 0 spiro atoms. The highest BCUT2D eigenvalue weighted by atomic mass is 19.1. The van der Waals surface area contributed by atoms with Crippen LogP contribution in [-0.2, 0) is 11.2 Å². The standard InChI is InChI=1S/C21H21FN2O2/c22-18-10-8-16(9-11-18)12-13-23-20(25)15-24-21(19-7-4-14-26-19)17-5-2-1-3-6-17/h1-11,14,21,24H,12-13,15H2,(H,23,25)/p+1/t21-/m1/s1. The number of benzene rings is 2. The first-order valence-corrected chi connectivity index (χ1v) is 8.65. The highest BCUT2D eigenvalue weighted by Gasteiger charge is 2.21. The van der Waals surface area contributed by atoms with Gasteiger partial charge in [0.15, 0.2) is 18.3 Å². The Labute approximate surface area is 152 Å². The fraction of sp³-hybridized carbons (Fsp3) is 0.190. The van der Waals surface area contributed by atoms with Crippen molar-refractivity contribution in [3.05, 3.63) is 95.7 Å². The number of quaternary nitrogens is 1. The monoisotopic (exact) mass is 353 g/mol. The SMILES string of the molecule is O=C(C[NH2+][C@H](c1ccccc1)c1ccco1)NCCc1ccc(F)cc1. The topological polar surface area (TPSA) is 58.9 Å². The maximum Gasteiger partial charge on any atom is 0.275 e. The van der Waals surface area contributed by atoms with Crippen molar-refractivity contribution in [3.8, 4) is 0 Å². The number of nitrogens with two attached hydrogens (primary N) is 1. The highest BCUT2D eigenvalue weighted by Crippen LogP contribution is 2.18. The van der Waals surface area contributed by atoms with Gasteiger partial charge in [-0.25, -0.2) is 4.39 Å². The first kappa shape index (κ1) is 17.9. The molecule has 1 aromatic heterocycles. The fourth-order valence-corrected chi connectivity index (χ4v) is 2.84. The first-order chi connectivity index (χ1) is 12.7. The minimum Gasteiger partial charge on any atom is -0.463 e. The van der Waals surface area contributed by atoms with E-state index in [0.29, 0.717) is 19.5 Å². The summed E-state index contributed by atoms with van der Waals surface area (Å²) in [7, 11) is 0. The van der Waals surface area contributed by atoms with E-state index in [9.17, 15) is 9.18 Å². The van der Waals surface area contributed by atoms with Gasteiger partial charge in [0.05, 0.1) is 6.26 Å². The summed E-state index contributed by atoms with van der Waals surface area (Å²) in [6.07, 6.45) is 2.31. The van der Waals surface area contributed by atoms with Crippen molar-refractivity contribution < 1.29 is 18.9 Å². The van der Waals surface area contributed by atoms with Crippen molar-refractivity contribution in [2.45, 2.75) is 12.5 Å². The Kier molecular flexibility index (Phi) is 6.17. The minimum absolute atomic E-state index is 0.0420. The third-order valence-electron chi connectivity index (χ3n) is 4.20. The molecule has 0 aliphatic heterocycles. The van der Waals surface area contributed by atoms with Crippen LogP contribution >= 0.6 is 0 Å². The molecule has 3 rings (SSSR count). The summed E-state index contributed by atoms with van der Waals surface area (Å²) >= 11 is 0. The predicted molar refractivity (Wildman–Crippen MR) is 96.9 cm³/mol. The molecule has 5 heteroatoms. The number of carbonyl (C=O) groups is 1. The Balaban J connectivity index is 1.50. The lowest BCUT2D eigenvalue weighted by molar-refractivity contribution is -0.678. The zero-order valence-corrected chi connectivity index (χ0v) is 14.4. The maximum atomic E-state index is 12.9. The zero-order chi connectivity index (χ0) is 18.2. The number of hydrogen-bond acceptors (Lipinski definition) is 2. The molecule has 1 heterocycles. The fourth-order valence-electron chi connectivity index (χ4n) is 2.84. The summed E-state index contributed by atoms with van der Waals surface area (Å²) < 4.78 is 18.4. The van der Waals surface area contributed by atoms with Crippen LogP contribution in [0.25, 0.3) is 0 Å². The summed E-state index contributed by atoms with van der Waals surface area (Å²) in [4.78, 5) is 12.2. The van der Waals surface area contributed by atoms with Crippen LogP contribution in [0.4, 0.5) is 4.39 Å². The lowest BCUT2D eigenvalue weighted by atomic mass is 10.0. The van der Waals surface area contributed by atoms with E-state index in [4.69, 9.17) is 4.42 Å². The molecular weight excluding hydrogens is 331 g/mol. The second-order valence-corrected chi connectivity index (χ2v) is 6.07. The third-order valence-corrected chi connectivity index (χ3v) is 4.20. The lowest BCUT2D eigenvalue weighted by Crippen LogP contribution is -2.87. The smallest absolute Gasteiger partial charge is 0.275 e. The van der Waals surface area contributed by atoms with Gasteiger partial charge in [-0.05, 0) is 36.2 Å². The molecule has 0 radical (unpaired) electrons. The Morgan fingerprint density at radius 1 is 1.04 bits per heavy atom. The summed E-state index contributed by atoms with van der Waals surface area (Å²) in [6, 6.07) is 20.0. The molecule has 3 aromatic rings. The second-order valence-electron chi connectivity index (χ2n) is 6.07. The summed E-state index contributed by atoms with van der Waals surface area (Å²) in [6.45, 7) is 0.818. The Morgan fingerprint density at radius 2 is 1.81 bits per heavy atom. The van der Waals surface area contributed by atoms with Gasteiger partial charge in [0, 0.05) is 12.1 Å². The molecule has 26 heavy (non-hydrogen) atoms. The molecule has 0 bridgehead atoms. The molecule has 134 valence electrons. The van der Waals surface area contributed by atoms with E-state index in [1.54, 1.807) is 18.4 Å². The molecule has 4 nitrogen and oxygen atoms in total. The van der Waals surface area contributed by atoms with Crippen molar-refractivity contribution in [3.63, 3.8) is 0 Å². The van der Waals surface area contributed by atoms with E-state index in [-0.39, 0.29) is 17.8 Å². The zero-order valence-electron chi connectivity index (χ0n) is 14.4. The summed E-state index contributed by atoms with van der Waals surface area (Å²) in [5.41, 5.74) is 2.08. The van der Waals surface area contributed by atoms with Gasteiger partial charge in [-0.15, -0.1) is 0 Å². The van der Waals surface area contributed by atoms with Crippen LogP contribution in [0.15, 0.2) is 77.4 Å². The summed E-state index contributed by atoms with van der Waals surface area (Å²) in [5, 5.41) is 4.86. The van der Waals surface area contributed by atoms with Crippen molar-refractivity contribution in [2.75, 3.05) is 13.1 Å². The van der Waals surface area contributed by atoms with Crippen LogP contribution in [-0.4, -0.2) is 19.0 Å². The number of nitrogens with one attached hydrogen (secondary N) is 1. The number of amides is 1. The second kappa shape index (κ2) is 8.97. The number of hydrogen-bond donors (Lipinski definition) is 2. The van der Waals surface area contributed by atoms with Gasteiger partial charge < -0.3 is 15.1 Å². The molecule has 0 aliphatic rings. The normalized spacial score (nSPS) is 11.9. The van der Waals surface area contributed by atoms with Crippen molar-refractivity contribution >= 4 is 5.91 Å². The average Bonchev–Trinajstić information content (AvgIpc) is 3.19. The van der Waals surface area contributed by atoms with Crippen LogP contribution in [0.1, 0.15) is 22.9 Å². The Hall–Kier alpha value is -2.92. The molecule has 0 saturated carbocycles. The Bertz CT molecular complexity index is 802. The maximum absolute atomic E-state index is 12.9. The highest BCUT2D eigenvalue weighted by molar-refractivity contribution is 5.76. The quantitative estimate of drug-likeness (QED) is 0.653. The minimum atomic E-state index is -0.253. The summed E-state index contributed by atoms with van der Waals surface area (Å²) in [5.74, 6) is 0.521. The van der Waals surface area contributed by atoms with E-state index in [1.807, 2.05) is 47.8 Å². The molecular formula is C21H22FN2O2+. The third kappa shape index (κ3) is 5.04. The van der Waals surface area contributed by atoms with Crippen LogP contribution in [0.3, 0.4) is 0 Å². The molecule has 3 N–H and O–H groups in total. The van der Waals surface area contributed by atoms with Crippen molar-refractivity contribution in [1.82, 2.24) is 5.32 Å². The van der Waals surface area contributed by atoms with Gasteiger partial charge in [-0.3, -0.25) is 4.79 Å². The average molecular weight is 353 g/mol. The van der Waals surface area contributed by atoms with Crippen LogP contribution in [0.5, 0.6) is 0 Å². The molecule has 0 saturated heterocycles. The van der Waals surface area contributed by atoms with Crippen LogP contribution in [0.2, 0.25) is 0 Å². The van der Waals surface area contributed by atoms with Crippen LogP contribution < -0.4 is 10.6 Å². The number of halogens is 1. The molecule has 0 fully saturated rings.